The van der Waals surface area contributed by atoms with Crippen molar-refractivity contribution in [2.45, 2.75) is 58.1 Å². The Morgan fingerprint density at radius 2 is 1.61 bits per heavy atom. The number of hydrogen-bond donors (Lipinski definition) is 2. The molecule has 2 aromatic rings. The minimum absolute atomic E-state index is 0.000150. The van der Waals surface area contributed by atoms with Gasteiger partial charge < -0.3 is 19.9 Å². The van der Waals surface area contributed by atoms with Crippen LogP contribution in [-0.2, 0) is 11.8 Å². The van der Waals surface area contributed by atoms with Crippen molar-refractivity contribution >= 4 is 0 Å². The van der Waals surface area contributed by atoms with Crippen LogP contribution in [0.25, 0.3) is 0 Å². The number of ether oxygens (including phenoxy) is 2. The molecule has 4 heteroatoms. The van der Waals surface area contributed by atoms with Crippen LogP contribution in [0.4, 0.5) is 0 Å². The number of hydrogen-bond acceptors (Lipinski definition) is 4. The van der Waals surface area contributed by atoms with E-state index in [-0.39, 0.29) is 17.6 Å². The molecule has 0 fully saturated rings. The molecule has 28 heavy (non-hydrogen) atoms. The molecule has 0 spiro atoms. The highest BCUT2D eigenvalue weighted by Gasteiger charge is 2.21. The zero-order chi connectivity index (χ0) is 20.8. The van der Waals surface area contributed by atoms with Gasteiger partial charge in [0.1, 0.15) is 24.2 Å². The molecular weight excluding hydrogens is 350 g/mol. The Labute approximate surface area is 169 Å². The lowest BCUT2D eigenvalue weighted by Crippen LogP contribution is -2.46. The maximum absolute atomic E-state index is 10.4. The number of rotatable bonds is 9. The molecule has 4 nitrogen and oxygen atoms in total. The highest BCUT2D eigenvalue weighted by Crippen LogP contribution is 2.31. The Hall–Kier alpha value is -2.04. The van der Waals surface area contributed by atoms with Gasteiger partial charge in [-0.15, -0.1) is 0 Å². The SMILES string of the molecule is COc1ccc(CC(C)(C)NCC(O)COc2ccccc2C(C)(C)C)cc1. The van der Waals surface area contributed by atoms with Crippen molar-refractivity contribution < 1.29 is 14.6 Å². The number of β-amino-alcohol motifs (C(OH)–C–C–N with tert-alkyl or cyclic N) is 1. The van der Waals surface area contributed by atoms with Crippen LogP contribution in [0.3, 0.4) is 0 Å². The zero-order valence-corrected chi connectivity index (χ0v) is 18.1. The Bertz CT molecular complexity index is 732. The third-order valence-corrected chi connectivity index (χ3v) is 4.75. The minimum Gasteiger partial charge on any atom is -0.497 e. The van der Waals surface area contributed by atoms with Crippen molar-refractivity contribution in [3.63, 3.8) is 0 Å². The summed E-state index contributed by atoms with van der Waals surface area (Å²) >= 11 is 0. The minimum atomic E-state index is -0.580. The largest absolute Gasteiger partial charge is 0.497 e. The summed E-state index contributed by atoms with van der Waals surface area (Å²) in [5.41, 5.74) is 2.23. The van der Waals surface area contributed by atoms with Crippen LogP contribution >= 0.6 is 0 Å². The van der Waals surface area contributed by atoms with Crippen molar-refractivity contribution in [2.24, 2.45) is 0 Å². The first-order valence-corrected chi connectivity index (χ1v) is 9.89. The summed E-state index contributed by atoms with van der Waals surface area (Å²) in [6, 6.07) is 16.1. The molecule has 0 heterocycles. The van der Waals surface area contributed by atoms with Crippen LogP contribution in [0.15, 0.2) is 48.5 Å². The first kappa shape index (κ1) is 22.3. The fourth-order valence-corrected chi connectivity index (χ4v) is 3.17. The Morgan fingerprint density at radius 3 is 2.21 bits per heavy atom. The van der Waals surface area contributed by atoms with Crippen LogP contribution in [0.2, 0.25) is 0 Å². The van der Waals surface area contributed by atoms with Crippen molar-refractivity contribution in [1.29, 1.82) is 0 Å². The highest BCUT2D eigenvalue weighted by atomic mass is 16.5. The van der Waals surface area contributed by atoms with E-state index in [2.05, 4.69) is 58.1 Å². The molecular formula is C24H35NO3. The van der Waals surface area contributed by atoms with Crippen molar-refractivity contribution in [2.75, 3.05) is 20.3 Å². The normalized spacial score (nSPS) is 13.2. The number of aliphatic hydroxyl groups is 1. The molecule has 1 unspecified atom stereocenters. The van der Waals surface area contributed by atoms with Crippen LogP contribution in [0.1, 0.15) is 45.7 Å². The Balaban J connectivity index is 1.85. The van der Waals surface area contributed by atoms with E-state index in [4.69, 9.17) is 9.47 Å². The summed E-state index contributed by atoms with van der Waals surface area (Å²) in [6.45, 7) is 11.5. The first-order valence-electron chi connectivity index (χ1n) is 9.89. The summed E-state index contributed by atoms with van der Waals surface area (Å²) in [5, 5.41) is 13.9. The van der Waals surface area contributed by atoms with Crippen LogP contribution in [0, 0.1) is 0 Å². The van der Waals surface area contributed by atoms with Crippen LogP contribution in [0.5, 0.6) is 11.5 Å². The number of methoxy groups -OCH3 is 1. The smallest absolute Gasteiger partial charge is 0.123 e. The maximum Gasteiger partial charge on any atom is 0.123 e. The van der Waals surface area contributed by atoms with Crippen molar-refractivity contribution in [3.05, 3.63) is 59.7 Å². The molecule has 154 valence electrons. The summed E-state index contributed by atoms with van der Waals surface area (Å²) in [7, 11) is 1.67. The topological polar surface area (TPSA) is 50.7 Å². The number of nitrogens with one attached hydrogen (secondary N) is 1. The van der Waals surface area contributed by atoms with Gasteiger partial charge in [0.05, 0.1) is 7.11 Å². The average molecular weight is 386 g/mol. The second kappa shape index (κ2) is 9.44. The van der Waals surface area contributed by atoms with Gasteiger partial charge >= 0.3 is 0 Å². The molecule has 2 rings (SSSR count). The van der Waals surface area contributed by atoms with Gasteiger partial charge in [-0.25, -0.2) is 0 Å². The van der Waals surface area contributed by atoms with Crippen molar-refractivity contribution in [3.8, 4) is 11.5 Å². The molecule has 0 aliphatic rings. The standard InChI is InChI=1S/C24H35NO3/c1-23(2,3)21-9-7-8-10-22(21)28-17-19(26)16-25-24(4,5)15-18-11-13-20(27-6)14-12-18/h7-14,19,25-26H,15-17H2,1-6H3. The van der Waals surface area contributed by atoms with Gasteiger partial charge in [-0.1, -0.05) is 51.1 Å². The average Bonchev–Trinajstić information content (AvgIpc) is 2.64. The van der Waals surface area contributed by atoms with E-state index in [0.717, 1.165) is 23.5 Å². The first-order chi connectivity index (χ1) is 13.1. The molecule has 1 atom stereocenters. The molecule has 0 saturated carbocycles. The fraction of sp³-hybridized carbons (Fsp3) is 0.500. The number of aliphatic hydroxyl groups excluding tert-OH is 1. The Kier molecular flexibility index (Phi) is 7.50. The summed E-state index contributed by atoms with van der Waals surface area (Å²) < 4.78 is 11.1. The van der Waals surface area contributed by atoms with E-state index in [1.165, 1.54) is 5.56 Å². The van der Waals surface area contributed by atoms with E-state index in [1.54, 1.807) is 7.11 Å². The molecule has 0 saturated heterocycles. The summed E-state index contributed by atoms with van der Waals surface area (Å²) in [5.74, 6) is 1.70. The molecule has 0 bridgehead atoms. The van der Waals surface area contributed by atoms with E-state index in [9.17, 15) is 5.11 Å². The lowest BCUT2D eigenvalue weighted by Gasteiger charge is -2.28. The van der Waals surface area contributed by atoms with E-state index in [1.807, 2.05) is 30.3 Å². The van der Waals surface area contributed by atoms with E-state index in [0.29, 0.717) is 6.54 Å². The van der Waals surface area contributed by atoms with Crippen LogP contribution < -0.4 is 14.8 Å². The summed E-state index contributed by atoms with van der Waals surface area (Å²) in [6.07, 6.45) is 0.278. The van der Waals surface area contributed by atoms with Gasteiger partial charge in [-0.2, -0.15) is 0 Å². The second-order valence-electron chi connectivity index (χ2n) is 9.00. The number of para-hydroxylation sites is 1. The lowest BCUT2D eigenvalue weighted by atomic mass is 9.86. The molecule has 0 aliphatic heterocycles. The predicted octanol–water partition coefficient (Wildman–Crippen LogP) is 4.34. The quantitative estimate of drug-likeness (QED) is 0.674. The van der Waals surface area contributed by atoms with Gasteiger partial charge in [0.25, 0.3) is 0 Å². The predicted molar refractivity (Wildman–Crippen MR) is 115 cm³/mol. The maximum atomic E-state index is 10.4. The molecule has 2 aromatic carbocycles. The third kappa shape index (κ3) is 6.84. The van der Waals surface area contributed by atoms with Gasteiger partial charge in [0, 0.05) is 12.1 Å². The third-order valence-electron chi connectivity index (χ3n) is 4.75. The zero-order valence-electron chi connectivity index (χ0n) is 18.1. The van der Waals surface area contributed by atoms with Gasteiger partial charge in [-0.3, -0.25) is 0 Å². The monoisotopic (exact) mass is 385 g/mol. The number of benzene rings is 2. The van der Waals surface area contributed by atoms with Crippen LogP contribution in [-0.4, -0.2) is 37.0 Å². The molecule has 0 aromatic heterocycles. The lowest BCUT2D eigenvalue weighted by molar-refractivity contribution is 0.0978. The molecule has 0 radical (unpaired) electrons. The highest BCUT2D eigenvalue weighted by molar-refractivity contribution is 5.38. The van der Waals surface area contributed by atoms with Gasteiger partial charge in [0.2, 0.25) is 0 Å². The fourth-order valence-electron chi connectivity index (χ4n) is 3.17. The molecule has 0 amide bonds. The van der Waals surface area contributed by atoms with E-state index >= 15 is 0 Å². The summed E-state index contributed by atoms with van der Waals surface area (Å²) in [4.78, 5) is 0. The van der Waals surface area contributed by atoms with E-state index < -0.39 is 6.10 Å². The van der Waals surface area contributed by atoms with Gasteiger partial charge in [0.15, 0.2) is 0 Å². The Morgan fingerprint density at radius 1 is 0.964 bits per heavy atom. The second-order valence-corrected chi connectivity index (χ2v) is 9.00. The van der Waals surface area contributed by atoms with Crippen molar-refractivity contribution in [1.82, 2.24) is 5.32 Å². The van der Waals surface area contributed by atoms with Gasteiger partial charge in [-0.05, 0) is 55.0 Å². The molecule has 0 aliphatic carbocycles. The molecule has 2 N–H and O–H groups in total.